The van der Waals surface area contributed by atoms with E-state index < -0.39 is 28.2 Å². The Morgan fingerprint density at radius 3 is 2.48 bits per heavy atom. The lowest BCUT2D eigenvalue weighted by Gasteiger charge is -2.08. The summed E-state index contributed by atoms with van der Waals surface area (Å²) >= 11 is 5.74. The van der Waals surface area contributed by atoms with Gasteiger partial charge in [-0.15, -0.1) is 0 Å². The van der Waals surface area contributed by atoms with Crippen molar-refractivity contribution < 1.29 is 18.5 Å². The number of hydrogen-bond acceptors (Lipinski definition) is 3. The van der Waals surface area contributed by atoms with Crippen LogP contribution in [-0.4, -0.2) is 10.8 Å². The number of benzene rings is 2. The molecule has 2 rings (SSSR count). The predicted octanol–water partition coefficient (Wildman–Crippen LogP) is 3.78. The van der Waals surface area contributed by atoms with Crippen LogP contribution in [0.1, 0.15) is 10.4 Å². The van der Waals surface area contributed by atoms with E-state index in [-0.39, 0.29) is 16.3 Å². The Bertz CT molecular complexity index is 717. The molecule has 0 radical (unpaired) electrons. The highest BCUT2D eigenvalue weighted by molar-refractivity contribution is 6.34. The first-order chi connectivity index (χ1) is 9.90. The van der Waals surface area contributed by atoms with Crippen molar-refractivity contribution in [3.63, 3.8) is 0 Å². The second-order valence-electron chi connectivity index (χ2n) is 3.97. The molecule has 108 valence electrons. The number of carbonyl (C=O) groups excluding carboxylic acids is 1. The van der Waals surface area contributed by atoms with Crippen LogP contribution < -0.4 is 5.32 Å². The highest BCUT2D eigenvalue weighted by Crippen LogP contribution is 2.25. The van der Waals surface area contributed by atoms with E-state index in [4.69, 9.17) is 11.6 Å². The van der Waals surface area contributed by atoms with Crippen molar-refractivity contribution in [3.8, 4) is 0 Å². The van der Waals surface area contributed by atoms with Gasteiger partial charge in [0.1, 0.15) is 5.82 Å². The fourth-order valence-corrected chi connectivity index (χ4v) is 1.81. The second-order valence-corrected chi connectivity index (χ2v) is 4.38. The molecule has 0 aliphatic carbocycles. The molecule has 1 amide bonds. The summed E-state index contributed by atoms with van der Waals surface area (Å²) in [6.07, 6.45) is 0. The lowest BCUT2D eigenvalue weighted by atomic mass is 10.1. The van der Waals surface area contributed by atoms with Gasteiger partial charge in [-0.1, -0.05) is 17.7 Å². The van der Waals surface area contributed by atoms with E-state index in [2.05, 4.69) is 5.32 Å². The number of rotatable bonds is 3. The average Bonchev–Trinajstić information content (AvgIpc) is 2.42. The van der Waals surface area contributed by atoms with Crippen LogP contribution in [0, 0.1) is 21.7 Å². The SMILES string of the molecule is O=C(Nc1c(F)cccc1Cl)c1ccc([N+](=O)[O-])c(F)c1. The van der Waals surface area contributed by atoms with Gasteiger partial charge >= 0.3 is 5.69 Å². The summed E-state index contributed by atoms with van der Waals surface area (Å²) in [6, 6.07) is 6.44. The highest BCUT2D eigenvalue weighted by atomic mass is 35.5. The van der Waals surface area contributed by atoms with Crippen LogP contribution in [0.3, 0.4) is 0 Å². The molecule has 0 aliphatic rings. The van der Waals surface area contributed by atoms with E-state index in [9.17, 15) is 23.7 Å². The lowest BCUT2D eigenvalue weighted by molar-refractivity contribution is -0.387. The van der Waals surface area contributed by atoms with Crippen LogP contribution in [0.25, 0.3) is 0 Å². The zero-order valence-electron chi connectivity index (χ0n) is 10.3. The summed E-state index contributed by atoms with van der Waals surface area (Å²) in [7, 11) is 0. The average molecular weight is 313 g/mol. The second kappa shape index (κ2) is 5.84. The molecule has 5 nitrogen and oxygen atoms in total. The number of nitro benzene ring substituents is 1. The van der Waals surface area contributed by atoms with Gasteiger partial charge in [0.15, 0.2) is 0 Å². The van der Waals surface area contributed by atoms with E-state index in [1.165, 1.54) is 12.1 Å². The molecule has 8 heteroatoms. The minimum Gasteiger partial charge on any atom is -0.318 e. The number of anilines is 1. The molecule has 21 heavy (non-hydrogen) atoms. The minimum absolute atomic E-state index is 0.0225. The molecule has 2 aromatic carbocycles. The third-order valence-corrected chi connectivity index (χ3v) is 2.92. The largest absolute Gasteiger partial charge is 0.318 e. The van der Waals surface area contributed by atoms with Gasteiger partial charge in [-0.3, -0.25) is 14.9 Å². The van der Waals surface area contributed by atoms with Gasteiger partial charge in [0.05, 0.1) is 15.6 Å². The molecule has 0 aromatic heterocycles. The van der Waals surface area contributed by atoms with Crippen LogP contribution in [0.4, 0.5) is 20.2 Å². The zero-order valence-corrected chi connectivity index (χ0v) is 11.0. The zero-order chi connectivity index (χ0) is 15.6. The number of nitrogens with one attached hydrogen (secondary N) is 1. The van der Waals surface area contributed by atoms with Crippen LogP contribution in [0.5, 0.6) is 0 Å². The van der Waals surface area contributed by atoms with Crippen molar-refractivity contribution in [2.45, 2.75) is 0 Å². The summed E-state index contributed by atoms with van der Waals surface area (Å²) in [5.41, 5.74) is -1.20. The number of halogens is 3. The first-order valence-corrected chi connectivity index (χ1v) is 5.97. The number of hydrogen-bond donors (Lipinski definition) is 1. The Morgan fingerprint density at radius 2 is 1.90 bits per heavy atom. The van der Waals surface area contributed by atoms with Gasteiger partial charge in [0, 0.05) is 11.6 Å². The normalized spacial score (nSPS) is 10.2. The molecule has 0 spiro atoms. The predicted molar refractivity (Wildman–Crippen MR) is 72.4 cm³/mol. The summed E-state index contributed by atoms with van der Waals surface area (Å²) in [6.45, 7) is 0. The van der Waals surface area contributed by atoms with Crippen molar-refractivity contribution in [1.29, 1.82) is 0 Å². The molecule has 0 heterocycles. The van der Waals surface area contributed by atoms with Gasteiger partial charge < -0.3 is 5.32 Å². The first kappa shape index (κ1) is 14.9. The van der Waals surface area contributed by atoms with E-state index in [0.717, 1.165) is 18.2 Å². The van der Waals surface area contributed by atoms with Crippen molar-refractivity contribution in [1.82, 2.24) is 0 Å². The highest BCUT2D eigenvalue weighted by Gasteiger charge is 2.18. The number of nitro groups is 1. The summed E-state index contributed by atoms with van der Waals surface area (Å²) in [5, 5.41) is 12.6. The topological polar surface area (TPSA) is 72.2 Å². The van der Waals surface area contributed by atoms with Gasteiger partial charge in [0.25, 0.3) is 5.91 Å². The Balaban J connectivity index is 2.29. The van der Waals surface area contributed by atoms with E-state index in [0.29, 0.717) is 6.07 Å². The van der Waals surface area contributed by atoms with E-state index in [1.807, 2.05) is 0 Å². The monoisotopic (exact) mass is 312 g/mol. The molecule has 2 aromatic rings. The summed E-state index contributed by atoms with van der Waals surface area (Å²) in [5.74, 6) is -2.75. The van der Waals surface area contributed by atoms with Crippen LogP contribution in [0.2, 0.25) is 5.02 Å². The fraction of sp³-hybridized carbons (Fsp3) is 0. The van der Waals surface area contributed by atoms with Gasteiger partial charge in [0.2, 0.25) is 5.82 Å². The number of nitrogens with zero attached hydrogens (tertiary/aromatic N) is 1. The maximum atomic E-state index is 13.5. The molecule has 0 aliphatic heterocycles. The Labute approximate surface area is 122 Å². The maximum absolute atomic E-state index is 13.5. The minimum atomic E-state index is -1.16. The molecule has 0 fully saturated rings. The molecule has 0 bridgehead atoms. The van der Waals surface area contributed by atoms with Crippen molar-refractivity contribution >= 4 is 28.9 Å². The number of amides is 1. The van der Waals surface area contributed by atoms with E-state index >= 15 is 0 Å². The first-order valence-electron chi connectivity index (χ1n) is 5.59. The lowest BCUT2D eigenvalue weighted by Crippen LogP contribution is -2.14. The van der Waals surface area contributed by atoms with Gasteiger partial charge in [-0.25, -0.2) is 4.39 Å². The smallest absolute Gasteiger partial charge is 0.304 e. The molecule has 0 atom stereocenters. The van der Waals surface area contributed by atoms with Crippen LogP contribution in [0.15, 0.2) is 36.4 Å². The van der Waals surface area contributed by atoms with Crippen LogP contribution in [-0.2, 0) is 0 Å². The van der Waals surface area contributed by atoms with Crippen molar-refractivity contribution in [2.24, 2.45) is 0 Å². The summed E-state index contributed by atoms with van der Waals surface area (Å²) < 4.78 is 26.9. The van der Waals surface area contributed by atoms with E-state index in [1.54, 1.807) is 0 Å². The molecule has 0 saturated carbocycles. The van der Waals surface area contributed by atoms with Crippen molar-refractivity contribution in [3.05, 3.63) is 68.7 Å². The molecule has 1 N–H and O–H groups in total. The van der Waals surface area contributed by atoms with Gasteiger partial charge in [-0.05, 0) is 24.3 Å². The number of carbonyl (C=O) groups is 1. The quantitative estimate of drug-likeness (QED) is 0.692. The molecule has 0 unspecified atom stereocenters. The molecular formula is C13H7ClF2N2O3. The van der Waals surface area contributed by atoms with Crippen LogP contribution >= 0.6 is 11.6 Å². The summed E-state index contributed by atoms with van der Waals surface area (Å²) in [4.78, 5) is 21.4. The Hall–Kier alpha value is -2.54. The van der Waals surface area contributed by atoms with Gasteiger partial charge in [-0.2, -0.15) is 4.39 Å². The Kier molecular flexibility index (Phi) is 4.13. The number of para-hydroxylation sites is 1. The third-order valence-electron chi connectivity index (χ3n) is 2.61. The maximum Gasteiger partial charge on any atom is 0.304 e. The van der Waals surface area contributed by atoms with Crippen molar-refractivity contribution in [2.75, 3.05) is 5.32 Å². The molecule has 0 saturated heterocycles. The standard InChI is InChI=1S/C13H7ClF2N2O3/c14-8-2-1-3-9(15)12(8)17-13(19)7-4-5-11(18(20)21)10(16)6-7/h1-6H,(H,17,19). The fourth-order valence-electron chi connectivity index (χ4n) is 1.60. The third kappa shape index (κ3) is 3.14. The Morgan fingerprint density at radius 1 is 1.19 bits per heavy atom. The molecular weight excluding hydrogens is 306 g/mol.